The molecule has 4 rings (SSSR count). The molecule has 1 heterocycles. The van der Waals surface area contributed by atoms with Crippen LogP contribution in [0, 0.1) is 0 Å². The van der Waals surface area contributed by atoms with E-state index in [1.54, 1.807) is 0 Å². The van der Waals surface area contributed by atoms with Gasteiger partial charge in [0, 0.05) is 35.6 Å². The Morgan fingerprint density at radius 1 is 1.26 bits per heavy atom. The zero-order chi connectivity index (χ0) is 15.8. The van der Waals surface area contributed by atoms with E-state index in [4.69, 9.17) is 16.1 Å². The van der Waals surface area contributed by atoms with Crippen molar-refractivity contribution >= 4 is 11.6 Å². The van der Waals surface area contributed by atoms with Crippen molar-refractivity contribution in [2.45, 2.75) is 64.1 Å². The van der Waals surface area contributed by atoms with E-state index in [-0.39, 0.29) is 0 Å². The average molecular weight is 331 g/mol. The van der Waals surface area contributed by atoms with Crippen LogP contribution < -0.4 is 0 Å². The molecular weight excluding hydrogens is 308 g/mol. The summed E-state index contributed by atoms with van der Waals surface area (Å²) >= 11 is 6.42. The van der Waals surface area contributed by atoms with E-state index in [0.717, 1.165) is 35.9 Å². The maximum Gasteiger partial charge on any atom is 0.140 e. The van der Waals surface area contributed by atoms with Crippen LogP contribution in [0.3, 0.4) is 0 Å². The summed E-state index contributed by atoms with van der Waals surface area (Å²) in [6.45, 7) is 3.13. The van der Waals surface area contributed by atoms with E-state index in [1.165, 1.54) is 36.8 Å². The summed E-state index contributed by atoms with van der Waals surface area (Å²) < 4.78 is 5.59. The summed E-state index contributed by atoms with van der Waals surface area (Å²) in [5, 5.41) is 5.25. The SMILES string of the molecule is CC(c1ccccc1Cl)N(Cc1noc2c1CCCC2)C1CC1. The monoisotopic (exact) mass is 330 g/mol. The minimum Gasteiger partial charge on any atom is -0.361 e. The highest BCUT2D eigenvalue weighted by atomic mass is 35.5. The Hall–Kier alpha value is -1.32. The summed E-state index contributed by atoms with van der Waals surface area (Å²) in [6, 6.07) is 9.13. The largest absolute Gasteiger partial charge is 0.361 e. The van der Waals surface area contributed by atoms with Crippen LogP contribution in [0.1, 0.15) is 61.2 Å². The zero-order valence-corrected chi connectivity index (χ0v) is 14.4. The number of aryl methyl sites for hydroxylation is 1. The van der Waals surface area contributed by atoms with Gasteiger partial charge in [-0.15, -0.1) is 0 Å². The molecule has 2 aromatic rings. The summed E-state index contributed by atoms with van der Waals surface area (Å²) in [5.74, 6) is 1.12. The van der Waals surface area contributed by atoms with Gasteiger partial charge >= 0.3 is 0 Å². The summed E-state index contributed by atoms with van der Waals surface area (Å²) in [4.78, 5) is 2.55. The van der Waals surface area contributed by atoms with Crippen LogP contribution in [0.25, 0.3) is 0 Å². The van der Waals surface area contributed by atoms with Crippen molar-refractivity contribution in [2.24, 2.45) is 0 Å². The molecular formula is C19H23ClN2O. The minimum atomic E-state index is 0.298. The van der Waals surface area contributed by atoms with Crippen molar-refractivity contribution in [3.05, 3.63) is 51.9 Å². The fourth-order valence-corrected chi connectivity index (χ4v) is 4.02. The first kappa shape index (κ1) is 15.2. The Morgan fingerprint density at radius 2 is 2.04 bits per heavy atom. The van der Waals surface area contributed by atoms with E-state index in [9.17, 15) is 0 Å². The highest BCUT2D eigenvalue weighted by molar-refractivity contribution is 6.31. The molecule has 0 amide bonds. The topological polar surface area (TPSA) is 29.3 Å². The second kappa shape index (κ2) is 6.29. The smallest absolute Gasteiger partial charge is 0.140 e. The van der Waals surface area contributed by atoms with Gasteiger partial charge in [0.05, 0.1) is 0 Å². The highest BCUT2D eigenvalue weighted by Gasteiger charge is 2.35. The third-order valence-corrected chi connectivity index (χ3v) is 5.58. The number of halogens is 1. The van der Waals surface area contributed by atoms with Crippen LogP contribution in [-0.4, -0.2) is 16.1 Å². The molecule has 0 aliphatic heterocycles. The van der Waals surface area contributed by atoms with Crippen LogP contribution in [0.5, 0.6) is 0 Å². The maximum atomic E-state index is 6.42. The van der Waals surface area contributed by atoms with Crippen molar-refractivity contribution in [1.82, 2.24) is 10.1 Å². The molecule has 3 nitrogen and oxygen atoms in total. The zero-order valence-electron chi connectivity index (χ0n) is 13.6. The highest BCUT2D eigenvalue weighted by Crippen LogP contribution is 2.38. The second-order valence-electron chi connectivity index (χ2n) is 6.84. The Bertz CT molecular complexity index is 692. The molecule has 1 fully saturated rings. The van der Waals surface area contributed by atoms with Gasteiger partial charge in [-0.3, -0.25) is 4.90 Å². The lowest BCUT2D eigenvalue weighted by molar-refractivity contribution is 0.185. The molecule has 2 aliphatic rings. The fourth-order valence-electron chi connectivity index (χ4n) is 3.73. The van der Waals surface area contributed by atoms with Crippen LogP contribution in [-0.2, 0) is 19.4 Å². The minimum absolute atomic E-state index is 0.298. The van der Waals surface area contributed by atoms with Gasteiger partial charge in [-0.1, -0.05) is 35.0 Å². The third kappa shape index (κ3) is 3.05. The van der Waals surface area contributed by atoms with Crippen LogP contribution in [0.15, 0.2) is 28.8 Å². The number of fused-ring (bicyclic) bond motifs is 1. The first-order chi connectivity index (χ1) is 11.2. The quantitative estimate of drug-likeness (QED) is 0.778. The lowest BCUT2D eigenvalue weighted by atomic mass is 9.96. The average Bonchev–Trinajstić information content (AvgIpc) is 3.33. The fraction of sp³-hybridized carbons (Fsp3) is 0.526. The maximum absolute atomic E-state index is 6.42. The molecule has 4 heteroatoms. The molecule has 1 aromatic heterocycles. The van der Waals surface area contributed by atoms with Gasteiger partial charge < -0.3 is 4.52 Å². The molecule has 0 saturated heterocycles. The van der Waals surface area contributed by atoms with Gasteiger partial charge in [-0.05, 0) is 50.7 Å². The van der Waals surface area contributed by atoms with Crippen molar-refractivity contribution in [3.63, 3.8) is 0 Å². The summed E-state index contributed by atoms with van der Waals surface area (Å²) in [6.07, 6.45) is 7.19. The van der Waals surface area contributed by atoms with Gasteiger partial charge in [0.15, 0.2) is 0 Å². The van der Waals surface area contributed by atoms with E-state index in [1.807, 2.05) is 12.1 Å². The van der Waals surface area contributed by atoms with Gasteiger partial charge in [0.25, 0.3) is 0 Å². The van der Waals surface area contributed by atoms with Crippen molar-refractivity contribution in [3.8, 4) is 0 Å². The normalized spacial score (nSPS) is 18.9. The van der Waals surface area contributed by atoms with Crippen molar-refractivity contribution < 1.29 is 4.52 Å². The Labute approximate surface area is 142 Å². The Kier molecular flexibility index (Phi) is 4.16. The molecule has 0 spiro atoms. The standard InChI is InChI=1S/C19H23ClN2O/c1-13(15-6-2-4-8-17(15)20)22(14-10-11-14)12-18-16-7-3-5-9-19(16)23-21-18/h2,4,6,8,13-14H,3,5,7,9-12H2,1H3. The van der Waals surface area contributed by atoms with Crippen LogP contribution in [0.4, 0.5) is 0 Å². The second-order valence-corrected chi connectivity index (χ2v) is 7.25. The van der Waals surface area contributed by atoms with Gasteiger partial charge in [0.1, 0.15) is 11.5 Å². The van der Waals surface area contributed by atoms with Crippen LogP contribution in [0.2, 0.25) is 5.02 Å². The van der Waals surface area contributed by atoms with Gasteiger partial charge in [0.2, 0.25) is 0 Å². The summed E-state index contributed by atoms with van der Waals surface area (Å²) in [7, 11) is 0. The molecule has 1 unspecified atom stereocenters. The van der Waals surface area contributed by atoms with Crippen molar-refractivity contribution in [2.75, 3.05) is 0 Å². The molecule has 0 N–H and O–H groups in total. The van der Waals surface area contributed by atoms with E-state index >= 15 is 0 Å². The molecule has 0 bridgehead atoms. The number of hydrogen-bond acceptors (Lipinski definition) is 3. The number of nitrogens with zero attached hydrogens (tertiary/aromatic N) is 2. The molecule has 1 saturated carbocycles. The first-order valence-corrected chi connectivity index (χ1v) is 9.08. The lowest BCUT2D eigenvalue weighted by Crippen LogP contribution is -2.29. The number of rotatable bonds is 5. The number of hydrogen-bond donors (Lipinski definition) is 0. The molecule has 1 atom stereocenters. The number of aromatic nitrogens is 1. The lowest BCUT2D eigenvalue weighted by Gasteiger charge is -2.29. The van der Waals surface area contributed by atoms with Gasteiger partial charge in [-0.2, -0.15) is 0 Å². The predicted molar refractivity (Wildman–Crippen MR) is 91.6 cm³/mol. The van der Waals surface area contributed by atoms with Crippen LogP contribution >= 0.6 is 11.6 Å². The first-order valence-electron chi connectivity index (χ1n) is 8.70. The Balaban J connectivity index is 1.59. The molecule has 0 radical (unpaired) electrons. The third-order valence-electron chi connectivity index (χ3n) is 5.23. The van der Waals surface area contributed by atoms with E-state index in [2.05, 4.69) is 29.1 Å². The molecule has 2 aliphatic carbocycles. The van der Waals surface area contributed by atoms with E-state index < -0.39 is 0 Å². The molecule has 1 aromatic carbocycles. The molecule has 122 valence electrons. The van der Waals surface area contributed by atoms with Gasteiger partial charge in [-0.25, -0.2) is 0 Å². The Morgan fingerprint density at radius 3 is 2.83 bits per heavy atom. The van der Waals surface area contributed by atoms with E-state index in [0.29, 0.717) is 12.1 Å². The van der Waals surface area contributed by atoms with Crippen molar-refractivity contribution in [1.29, 1.82) is 0 Å². The summed E-state index contributed by atoms with van der Waals surface area (Å²) in [5.41, 5.74) is 3.72. The molecule has 23 heavy (non-hydrogen) atoms. The predicted octanol–water partition coefficient (Wildman–Crippen LogP) is 4.93. The number of benzene rings is 1.